The van der Waals surface area contributed by atoms with Crippen molar-refractivity contribution in [3.05, 3.63) is 64.7 Å². The number of rotatable bonds is 8. The van der Waals surface area contributed by atoms with Crippen LogP contribution in [0.25, 0.3) is 11.1 Å². The number of anilines is 1. The van der Waals surface area contributed by atoms with E-state index >= 15 is 0 Å². The fourth-order valence-corrected chi connectivity index (χ4v) is 5.35. The van der Waals surface area contributed by atoms with Gasteiger partial charge in [0.15, 0.2) is 0 Å². The maximum atomic E-state index is 13.6. The first-order valence-electron chi connectivity index (χ1n) is 13.4. The zero-order valence-electron chi connectivity index (χ0n) is 23.5. The number of dihydropyridines is 1. The molecule has 1 N–H and O–H groups in total. The van der Waals surface area contributed by atoms with Crippen LogP contribution in [0.2, 0.25) is 0 Å². The van der Waals surface area contributed by atoms with Crippen LogP contribution < -0.4 is 10.2 Å². The molecule has 2 aromatic rings. The molecule has 0 saturated carbocycles. The Balaban J connectivity index is 1.65. The fourth-order valence-electron chi connectivity index (χ4n) is 5.35. The van der Waals surface area contributed by atoms with E-state index in [2.05, 4.69) is 71.6 Å². The van der Waals surface area contributed by atoms with E-state index in [1.807, 2.05) is 32.9 Å². The van der Waals surface area contributed by atoms with Gasteiger partial charge < -0.3 is 19.9 Å². The molecule has 1 fully saturated rings. The summed E-state index contributed by atoms with van der Waals surface area (Å²) in [6.45, 7) is 8.34. The number of hydrogen-bond donors (Lipinski definition) is 1. The number of benzene rings is 2. The number of carbonyl (C=O) groups is 2. The van der Waals surface area contributed by atoms with Gasteiger partial charge in [0, 0.05) is 56.4 Å². The monoisotopic (exact) mass is 516 g/mol. The van der Waals surface area contributed by atoms with Crippen molar-refractivity contribution in [3.63, 3.8) is 0 Å². The quantitative estimate of drug-likeness (QED) is 0.554. The number of amides is 2. The minimum absolute atomic E-state index is 0.179. The van der Waals surface area contributed by atoms with Crippen molar-refractivity contribution in [2.75, 3.05) is 45.8 Å². The molecule has 0 bridgehead atoms. The van der Waals surface area contributed by atoms with Gasteiger partial charge in [0.1, 0.15) is 0 Å². The standard InChI is InChI=1S/C31H40N4O3/c1-20-15-21(2)33-31(37)28(20)18-32-30(36)27-16-25(24-9-7-23(8-10-24)19-34(4)5)17-29(22(27)3)35(6)26-11-13-38-14-12-26/h7-10,15-17,26,28H,11-14,18-19H2,1-6H3,(H,32,36). The molecule has 1 saturated heterocycles. The van der Waals surface area contributed by atoms with Gasteiger partial charge in [0.2, 0.25) is 0 Å². The highest BCUT2D eigenvalue weighted by molar-refractivity contribution is 6.06. The largest absolute Gasteiger partial charge is 0.381 e. The molecule has 2 aromatic carbocycles. The molecule has 7 heteroatoms. The maximum Gasteiger partial charge on any atom is 0.254 e. The summed E-state index contributed by atoms with van der Waals surface area (Å²) < 4.78 is 5.59. The predicted molar refractivity (Wildman–Crippen MR) is 154 cm³/mol. The van der Waals surface area contributed by atoms with Gasteiger partial charge in [-0.15, -0.1) is 0 Å². The number of aliphatic imine (C=N–C) groups is 1. The number of nitrogens with one attached hydrogen (secondary N) is 1. The van der Waals surface area contributed by atoms with E-state index in [1.165, 1.54) is 5.56 Å². The van der Waals surface area contributed by atoms with Crippen molar-refractivity contribution in [1.82, 2.24) is 10.2 Å². The topological polar surface area (TPSA) is 74.2 Å². The Morgan fingerprint density at radius 2 is 1.71 bits per heavy atom. The summed E-state index contributed by atoms with van der Waals surface area (Å²) in [4.78, 5) is 34.6. The van der Waals surface area contributed by atoms with Crippen molar-refractivity contribution in [2.45, 2.75) is 46.2 Å². The molecule has 2 heterocycles. The molecule has 1 unspecified atom stereocenters. The van der Waals surface area contributed by atoms with Crippen LogP contribution in [0, 0.1) is 12.8 Å². The van der Waals surface area contributed by atoms with E-state index in [1.54, 1.807) is 0 Å². The highest BCUT2D eigenvalue weighted by atomic mass is 16.5. The Morgan fingerprint density at radius 3 is 2.34 bits per heavy atom. The molecular weight excluding hydrogens is 476 g/mol. The lowest BCUT2D eigenvalue weighted by atomic mass is 9.94. The van der Waals surface area contributed by atoms with Crippen molar-refractivity contribution >= 4 is 23.2 Å². The van der Waals surface area contributed by atoms with Crippen molar-refractivity contribution in [2.24, 2.45) is 10.9 Å². The third kappa shape index (κ3) is 6.40. The van der Waals surface area contributed by atoms with Crippen molar-refractivity contribution in [1.29, 1.82) is 0 Å². The van der Waals surface area contributed by atoms with Gasteiger partial charge in [-0.25, -0.2) is 4.99 Å². The summed E-state index contributed by atoms with van der Waals surface area (Å²) in [5.74, 6) is -0.812. The molecule has 202 valence electrons. The fraction of sp³-hybridized carbons (Fsp3) is 0.452. The second-order valence-electron chi connectivity index (χ2n) is 10.8. The second-order valence-corrected chi connectivity index (χ2v) is 10.8. The third-order valence-corrected chi connectivity index (χ3v) is 7.57. The summed E-state index contributed by atoms with van der Waals surface area (Å²) in [7, 11) is 6.23. The van der Waals surface area contributed by atoms with E-state index in [4.69, 9.17) is 4.74 Å². The van der Waals surface area contributed by atoms with Crippen LogP contribution in [0.4, 0.5) is 5.69 Å². The molecule has 4 rings (SSSR count). The van der Waals surface area contributed by atoms with Gasteiger partial charge in [-0.2, -0.15) is 0 Å². The Hall–Kier alpha value is -3.29. The number of carbonyl (C=O) groups excluding carboxylic acids is 2. The van der Waals surface area contributed by atoms with Crippen LogP contribution in [0.1, 0.15) is 48.2 Å². The predicted octanol–water partition coefficient (Wildman–Crippen LogP) is 4.63. The lowest BCUT2D eigenvalue weighted by molar-refractivity contribution is -0.120. The summed E-state index contributed by atoms with van der Waals surface area (Å²) in [6.07, 6.45) is 3.82. The molecule has 0 aromatic heterocycles. The average molecular weight is 517 g/mol. The van der Waals surface area contributed by atoms with Gasteiger partial charge in [-0.3, -0.25) is 9.59 Å². The lowest BCUT2D eigenvalue weighted by Crippen LogP contribution is -2.38. The molecule has 38 heavy (non-hydrogen) atoms. The van der Waals surface area contributed by atoms with Gasteiger partial charge in [-0.05, 0) is 88.2 Å². The maximum absolute atomic E-state index is 13.6. The van der Waals surface area contributed by atoms with Crippen LogP contribution >= 0.6 is 0 Å². The smallest absolute Gasteiger partial charge is 0.254 e. The van der Waals surface area contributed by atoms with E-state index in [-0.39, 0.29) is 18.4 Å². The zero-order valence-corrected chi connectivity index (χ0v) is 23.5. The Kier molecular flexibility index (Phi) is 8.80. The highest BCUT2D eigenvalue weighted by Gasteiger charge is 2.26. The minimum atomic E-state index is -0.431. The summed E-state index contributed by atoms with van der Waals surface area (Å²) in [5, 5.41) is 3.03. The van der Waals surface area contributed by atoms with E-state index in [0.717, 1.165) is 60.6 Å². The summed E-state index contributed by atoms with van der Waals surface area (Å²) >= 11 is 0. The Morgan fingerprint density at radius 1 is 1.03 bits per heavy atom. The van der Waals surface area contributed by atoms with Crippen LogP contribution in [-0.4, -0.2) is 69.4 Å². The second kappa shape index (κ2) is 12.0. The van der Waals surface area contributed by atoms with E-state index < -0.39 is 5.92 Å². The van der Waals surface area contributed by atoms with Gasteiger partial charge in [-0.1, -0.05) is 29.8 Å². The van der Waals surface area contributed by atoms with Gasteiger partial charge >= 0.3 is 0 Å². The minimum Gasteiger partial charge on any atom is -0.381 e. The first-order chi connectivity index (χ1) is 18.1. The average Bonchev–Trinajstić information content (AvgIpc) is 2.88. The number of nitrogens with zero attached hydrogens (tertiary/aromatic N) is 3. The van der Waals surface area contributed by atoms with Crippen LogP contribution in [0.5, 0.6) is 0 Å². The molecule has 0 aliphatic carbocycles. The molecule has 2 aliphatic heterocycles. The SMILES string of the molecule is CC1=CC(C)=NC(=O)C1CNC(=O)c1cc(-c2ccc(CN(C)C)cc2)cc(N(C)C2CCOCC2)c1C. The van der Waals surface area contributed by atoms with Crippen molar-refractivity contribution < 1.29 is 14.3 Å². The highest BCUT2D eigenvalue weighted by Crippen LogP contribution is 2.33. The van der Waals surface area contributed by atoms with Gasteiger partial charge in [0.05, 0.1) is 5.92 Å². The molecule has 0 radical (unpaired) electrons. The Labute approximate surface area is 226 Å². The lowest BCUT2D eigenvalue weighted by Gasteiger charge is -2.34. The zero-order chi connectivity index (χ0) is 27.4. The summed E-state index contributed by atoms with van der Waals surface area (Å²) in [5.41, 5.74) is 7.52. The first-order valence-corrected chi connectivity index (χ1v) is 13.4. The molecule has 1 atom stereocenters. The number of hydrogen-bond acceptors (Lipinski definition) is 5. The molecular formula is C31H40N4O3. The van der Waals surface area contributed by atoms with E-state index in [0.29, 0.717) is 17.3 Å². The van der Waals surface area contributed by atoms with Crippen LogP contribution in [0.15, 0.2) is 53.0 Å². The molecule has 0 spiro atoms. The Bertz CT molecular complexity index is 1240. The molecule has 2 amide bonds. The van der Waals surface area contributed by atoms with Crippen LogP contribution in [0.3, 0.4) is 0 Å². The molecule has 7 nitrogen and oxygen atoms in total. The third-order valence-electron chi connectivity index (χ3n) is 7.57. The summed E-state index contributed by atoms with van der Waals surface area (Å²) in [6, 6.07) is 13.0. The first kappa shape index (κ1) is 27.7. The van der Waals surface area contributed by atoms with E-state index in [9.17, 15) is 9.59 Å². The number of ether oxygens (including phenoxy) is 1. The van der Waals surface area contributed by atoms with Gasteiger partial charge in [0.25, 0.3) is 11.8 Å². The van der Waals surface area contributed by atoms with Crippen LogP contribution in [-0.2, 0) is 16.1 Å². The molecule has 2 aliphatic rings. The number of allylic oxidation sites excluding steroid dienone is 1. The normalized spacial score (nSPS) is 18.3. The van der Waals surface area contributed by atoms with Crippen molar-refractivity contribution in [3.8, 4) is 11.1 Å².